The van der Waals surface area contributed by atoms with Gasteiger partial charge in [-0.25, -0.2) is 0 Å². The third-order valence-electron chi connectivity index (χ3n) is 4.05. The molecule has 2 fully saturated rings. The topological polar surface area (TPSA) is 77.9 Å². The second kappa shape index (κ2) is 5.79. The van der Waals surface area contributed by atoms with Crippen LogP contribution in [0, 0.1) is 0 Å². The normalized spacial score (nSPS) is 17.6. The molecular formula is C16H18N2O4. The van der Waals surface area contributed by atoms with E-state index in [9.17, 15) is 14.4 Å². The fraction of sp³-hybridized carbons (Fsp3) is 0.438. The predicted molar refractivity (Wildman–Crippen MR) is 79.7 cm³/mol. The van der Waals surface area contributed by atoms with Gasteiger partial charge in [0, 0.05) is 30.3 Å². The van der Waals surface area contributed by atoms with Crippen molar-refractivity contribution < 1.29 is 19.5 Å². The van der Waals surface area contributed by atoms with Crippen molar-refractivity contribution in [2.24, 2.45) is 0 Å². The zero-order chi connectivity index (χ0) is 15.7. The number of nitrogens with zero attached hydrogens (tertiary/aromatic N) is 2. The molecule has 1 aliphatic carbocycles. The number of aliphatic carboxylic acids is 1. The van der Waals surface area contributed by atoms with Gasteiger partial charge in [-0.2, -0.15) is 0 Å². The lowest BCUT2D eigenvalue weighted by Gasteiger charge is -2.21. The molecule has 1 aromatic carbocycles. The van der Waals surface area contributed by atoms with Gasteiger partial charge in [0.05, 0.1) is 0 Å². The monoisotopic (exact) mass is 302 g/mol. The van der Waals surface area contributed by atoms with Crippen LogP contribution < -0.4 is 4.90 Å². The third-order valence-corrected chi connectivity index (χ3v) is 4.05. The first-order chi connectivity index (χ1) is 10.6. The van der Waals surface area contributed by atoms with E-state index in [1.165, 1.54) is 4.90 Å². The first-order valence-electron chi connectivity index (χ1n) is 7.49. The number of hydrogen-bond donors (Lipinski definition) is 1. The lowest BCUT2D eigenvalue weighted by atomic mass is 10.1. The molecule has 6 heteroatoms. The smallest absolute Gasteiger partial charge is 0.323 e. The first-order valence-corrected chi connectivity index (χ1v) is 7.49. The van der Waals surface area contributed by atoms with Gasteiger partial charge in [-0.05, 0) is 43.5 Å². The number of hydrogen-bond acceptors (Lipinski definition) is 3. The van der Waals surface area contributed by atoms with Gasteiger partial charge in [0.1, 0.15) is 6.54 Å². The zero-order valence-electron chi connectivity index (χ0n) is 12.2. The lowest BCUT2D eigenvalue weighted by molar-refractivity contribution is -0.137. The molecule has 1 N–H and O–H groups in total. The summed E-state index contributed by atoms with van der Waals surface area (Å²) < 4.78 is 0. The van der Waals surface area contributed by atoms with Crippen LogP contribution >= 0.6 is 0 Å². The molecule has 1 heterocycles. The first kappa shape index (κ1) is 14.6. The summed E-state index contributed by atoms with van der Waals surface area (Å²) in [4.78, 5) is 38.2. The largest absolute Gasteiger partial charge is 0.480 e. The number of amides is 2. The quantitative estimate of drug-likeness (QED) is 0.894. The predicted octanol–water partition coefficient (Wildman–Crippen LogP) is 1.50. The minimum Gasteiger partial charge on any atom is -0.480 e. The summed E-state index contributed by atoms with van der Waals surface area (Å²) in [6, 6.07) is 6.88. The van der Waals surface area contributed by atoms with Crippen molar-refractivity contribution in [2.75, 3.05) is 18.0 Å². The molecule has 0 atom stereocenters. The van der Waals surface area contributed by atoms with Crippen LogP contribution in [0.3, 0.4) is 0 Å². The Labute approximate surface area is 128 Å². The average molecular weight is 302 g/mol. The Kier molecular flexibility index (Phi) is 3.83. The number of carbonyl (C=O) groups excluding carboxylic acids is 2. The fourth-order valence-corrected chi connectivity index (χ4v) is 2.77. The molecule has 2 amide bonds. The van der Waals surface area contributed by atoms with E-state index in [4.69, 9.17) is 5.11 Å². The maximum atomic E-state index is 12.4. The van der Waals surface area contributed by atoms with Crippen LogP contribution in [0.15, 0.2) is 24.3 Å². The van der Waals surface area contributed by atoms with E-state index in [0.717, 1.165) is 24.9 Å². The van der Waals surface area contributed by atoms with Crippen LogP contribution in [-0.4, -0.2) is 46.9 Å². The van der Waals surface area contributed by atoms with Crippen molar-refractivity contribution in [1.82, 2.24) is 4.90 Å². The molecule has 1 saturated carbocycles. The van der Waals surface area contributed by atoms with E-state index >= 15 is 0 Å². The molecule has 116 valence electrons. The molecule has 1 aliphatic heterocycles. The van der Waals surface area contributed by atoms with Gasteiger partial charge in [0.2, 0.25) is 5.91 Å². The molecule has 6 nitrogen and oxygen atoms in total. The number of carboxylic acids is 1. The SMILES string of the molecule is O=C(O)CN(C(=O)c1ccc(N2CCCC2=O)cc1)C1CC1. The molecule has 1 aromatic rings. The molecule has 22 heavy (non-hydrogen) atoms. The van der Waals surface area contributed by atoms with Gasteiger partial charge in [0.25, 0.3) is 5.91 Å². The van der Waals surface area contributed by atoms with Crippen molar-refractivity contribution in [3.8, 4) is 0 Å². The summed E-state index contributed by atoms with van der Waals surface area (Å²) in [5.41, 5.74) is 1.25. The minimum absolute atomic E-state index is 0.0448. The van der Waals surface area contributed by atoms with Crippen LogP contribution in [0.4, 0.5) is 5.69 Å². The van der Waals surface area contributed by atoms with Crippen molar-refractivity contribution in [3.63, 3.8) is 0 Å². The Morgan fingerprint density at radius 1 is 1.23 bits per heavy atom. The van der Waals surface area contributed by atoms with Gasteiger partial charge in [-0.1, -0.05) is 0 Å². The Balaban J connectivity index is 1.75. The summed E-state index contributed by atoms with van der Waals surface area (Å²) >= 11 is 0. The van der Waals surface area contributed by atoms with E-state index in [-0.39, 0.29) is 24.4 Å². The highest BCUT2D eigenvalue weighted by atomic mass is 16.4. The van der Waals surface area contributed by atoms with Gasteiger partial charge >= 0.3 is 5.97 Å². The Hall–Kier alpha value is -2.37. The van der Waals surface area contributed by atoms with Crippen molar-refractivity contribution in [2.45, 2.75) is 31.7 Å². The number of carboxylic acid groups (broad SMARTS) is 1. The number of benzene rings is 1. The van der Waals surface area contributed by atoms with Crippen LogP contribution in [0.25, 0.3) is 0 Å². The van der Waals surface area contributed by atoms with Gasteiger partial charge < -0.3 is 14.9 Å². The van der Waals surface area contributed by atoms with Crippen LogP contribution in [0.2, 0.25) is 0 Å². The van der Waals surface area contributed by atoms with E-state index in [1.807, 2.05) is 0 Å². The number of carbonyl (C=O) groups is 3. The fourth-order valence-electron chi connectivity index (χ4n) is 2.77. The highest BCUT2D eigenvalue weighted by Gasteiger charge is 2.34. The highest BCUT2D eigenvalue weighted by molar-refractivity contribution is 5.98. The number of rotatable bonds is 5. The summed E-state index contributed by atoms with van der Waals surface area (Å²) in [7, 11) is 0. The Bertz CT molecular complexity index is 607. The molecule has 0 aromatic heterocycles. The molecule has 2 aliphatic rings. The standard InChI is InChI=1S/C16H18N2O4/c19-14-2-1-9-17(14)12-5-3-11(4-6-12)16(22)18(10-15(20)21)13-7-8-13/h3-6,13H,1-2,7-10H2,(H,20,21). The molecular weight excluding hydrogens is 284 g/mol. The molecule has 0 unspecified atom stereocenters. The average Bonchev–Trinajstić information content (AvgIpc) is 3.26. The molecule has 1 saturated heterocycles. The summed E-state index contributed by atoms with van der Waals surface area (Å²) in [6.07, 6.45) is 3.14. The van der Waals surface area contributed by atoms with Gasteiger partial charge in [-0.3, -0.25) is 14.4 Å². The summed E-state index contributed by atoms with van der Waals surface area (Å²) in [6.45, 7) is 0.440. The van der Waals surface area contributed by atoms with Crippen molar-refractivity contribution >= 4 is 23.5 Å². The maximum Gasteiger partial charge on any atom is 0.323 e. The molecule has 0 bridgehead atoms. The lowest BCUT2D eigenvalue weighted by Crippen LogP contribution is -2.37. The van der Waals surface area contributed by atoms with Crippen LogP contribution in [0.5, 0.6) is 0 Å². The maximum absolute atomic E-state index is 12.4. The third kappa shape index (κ3) is 2.95. The summed E-state index contributed by atoms with van der Waals surface area (Å²) in [5.74, 6) is -1.16. The van der Waals surface area contributed by atoms with Crippen molar-refractivity contribution in [1.29, 1.82) is 0 Å². The second-order valence-corrected chi connectivity index (χ2v) is 5.75. The zero-order valence-corrected chi connectivity index (χ0v) is 12.2. The van der Waals surface area contributed by atoms with Gasteiger partial charge in [-0.15, -0.1) is 0 Å². The Morgan fingerprint density at radius 2 is 1.91 bits per heavy atom. The summed E-state index contributed by atoms with van der Waals surface area (Å²) in [5, 5.41) is 8.94. The highest BCUT2D eigenvalue weighted by Crippen LogP contribution is 2.29. The van der Waals surface area contributed by atoms with E-state index < -0.39 is 5.97 Å². The van der Waals surface area contributed by atoms with E-state index in [0.29, 0.717) is 18.5 Å². The molecule has 0 radical (unpaired) electrons. The van der Waals surface area contributed by atoms with Gasteiger partial charge in [0.15, 0.2) is 0 Å². The van der Waals surface area contributed by atoms with Crippen molar-refractivity contribution in [3.05, 3.63) is 29.8 Å². The van der Waals surface area contributed by atoms with E-state index in [1.54, 1.807) is 29.2 Å². The Morgan fingerprint density at radius 3 is 2.41 bits per heavy atom. The minimum atomic E-state index is -1.00. The molecule has 0 spiro atoms. The van der Waals surface area contributed by atoms with E-state index in [2.05, 4.69) is 0 Å². The van der Waals surface area contributed by atoms with Crippen LogP contribution in [0.1, 0.15) is 36.0 Å². The second-order valence-electron chi connectivity index (χ2n) is 5.75. The number of anilines is 1. The molecule has 3 rings (SSSR count). The van der Waals surface area contributed by atoms with Crippen LogP contribution in [-0.2, 0) is 9.59 Å².